The molecule has 0 amide bonds. The number of nitrogens with one attached hydrogen (secondary N) is 1. The van der Waals surface area contributed by atoms with E-state index in [1.54, 1.807) is 12.3 Å². The van der Waals surface area contributed by atoms with E-state index in [9.17, 15) is 9.67 Å². The molecule has 0 fully saturated rings. The van der Waals surface area contributed by atoms with Crippen molar-refractivity contribution in [2.45, 2.75) is 0 Å². The van der Waals surface area contributed by atoms with Crippen LogP contribution in [0.15, 0.2) is 24.4 Å². The second kappa shape index (κ2) is 3.27. The van der Waals surface area contributed by atoms with Crippen molar-refractivity contribution in [2.24, 2.45) is 0 Å². The van der Waals surface area contributed by atoms with E-state index in [1.165, 1.54) is 12.1 Å². The Morgan fingerprint density at radius 2 is 2.07 bits per heavy atom. The van der Waals surface area contributed by atoms with Gasteiger partial charge in [0.25, 0.3) is 0 Å². The number of phenolic OH excluding ortho intramolecular Hbond substituents is 1. The van der Waals surface area contributed by atoms with E-state index in [0.29, 0.717) is 10.9 Å². The summed E-state index contributed by atoms with van der Waals surface area (Å²) < 4.78 is 14.9. The first-order valence-corrected chi connectivity index (χ1v) is 5.54. The van der Waals surface area contributed by atoms with Gasteiger partial charge in [0.1, 0.15) is 0 Å². The summed E-state index contributed by atoms with van der Waals surface area (Å²) in [6.45, 7) is 0. The highest BCUT2D eigenvalue weighted by Gasteiger charge is 2.18. The lowest BCUT2D eigenvalue weighted by molar-refractivity contribution is 0.278. The molecular weight excluding hydrogens is 221 g/mol. The van der Waals surface area contributed by atoms with Crippen molar-refractivity contribution in [1.29, 1.82) is 0 Å². The standard InChI is InChI=1S/C8H8NO5P/c10-7-4-6-5(1-2-9-6)3-8(7)14-15(11,12)13/h1-4,9-10H,(H2,11,12,13). The Bertz CT molecular complexity index is 543. The zero-order valence-corrected chi connectivity index (χ0v) is 8.31. The predicted molar refractivity (Wildman–Crippen MR) is 52.6 cm³/mol. The van der Waals surface area contributed by atoms with Crippen LogP contribution >= 0.6 is 7.82 Å². The summed E-state index contributed by atoms with van der Waals surface area (Å²) in [6.07, 6.45) is 1.64. The molecule has 0 spiro atoms. The molecule has 7 heteroatoms. The number of hydrogen-bond acceptors (Lipinski definition) is 3. The lowest BCUT2D eigenvalue weighted by Gasteiger charge is -2.08. The number of rotatable bonds is 2. The minimum atomic E-state index is -4.64. The minimum Gasteiger partial charge on any atom is -0.504 e. The Hall–Kier alpha value is -1.49. The molecule has 0 radical (unpaired) electrons. The molecule has 1 heterocycles. The topological polar surface area (TPSA) is 103 Å². The summed E-state index contributed by atoms with van der Waals surface area (Å²) in [7, 11) is -4.64. The molecule has 4 N–H and O–H groups in total. The number of phosphoric ester groups is 1. The molecule has 0 aliphatic heterocycles. The zero-order valence-electron chi connectivity index (χ0n) is 7.41. The van der Waals surface area contributed by atoms with Crippen LogP contribution < -0.4 is 4.52 Å². The molecule has 0 atom stereocenters. The van der Waals surface area contributed by atoms with E-state index < -0.39 is 7.82 Å². The van der Waals surface area contributed by atoms with Gasteiger partial charge in [0.15, 0.2) is 11.5 Å². The third-order valence-electron chi connectivity index (χ3n) is 1.85. The molecule has 0 bridgehead atoms. The Morgan fingerprint density at radius 1 is 1.33 bits per heavy atom. The normalized spacial score (nSPS) is 11.9. The first-order valence-electron chi connectivity index (χ1n) is 4.01. The van der Waals surface area contributed by atoms with Gasteiger partial charge in [-0.15, -0.1) is 0 Å². The van der Waals surface area contributed by atoms with Crippen molar-refractivity contribution < 1.29 is 24.0 Å². The van der Waals surface area contributed by atoms with Crippen molar-refractivity contribution in [1.82, 2.24) is 4.98 Å². The molecule has 2 aromatic rings. The van der Waals surface area contributed by atoms with E-state index >= 15 is 0 Å². The minimum absolute atomic E-state index is 0.240. The number of aromatic nitrogens is 1. The first-order chi connectivity index (χ1) is 6.96. The summed E-state index contributed by atoms with van der Waals surface area (Å²) in [5.41, 5.74) is 0.658. The quantitative estimate of drug-likeness (QED) is 0.582. The maximum atomic E-state index is 10.6. The van der Waals surface area contributed by atoms with E-state index in [0.717, 1.165) is 0 Å². The lowest BCUT2D eigenvalue weighted by atomic mass is 10.2. The molecule has 1 aromatic heterocycles. The fourth-order valence-electron chi connectivity index (χ4n) is 1.27. The van der Waals surface area contributed by atoms with Gasteiger partial charge in [-0.05, 0) is 12.1 Å². The van der Waals surface area contributed by atoms with E-state index in [1.807, 2.05) is 0 Å². The fourth-order valence-corrected chi connectivity index (χ4v) is 1.67. The van der Waals surface area contributed by atoms with Crippen LogP contribution in [0.5, 0.6) is 11.5 Å². The molecular formula is C8H8NO5P. The molecule has 0 saturated carbocycles. The monoisotopic (exact) mass is 229 g/mol. The van der Waals surface area contributed by atoms with E-state index in [2.05, 4.69) is 9.51 Å². The average Bonchev–Trinajstić information content (AvgIpc) is 2.49. The predicted octanol–water partition coefficient (Wildman–Crippen LogP) is 1.34. The zero-order chi connectivity index (χ0) is 11.1. The highest BCUT2D eigenvalue weighted by Crippen LogP contribution is 2.42. The van der Waals surface area contributed by atoms with Crippen LogP contribution in [0.4, 0.5) is 0 Å². The summed E-state index contributed by atoms with van der Waals surface area (Å²) in [4.78, 5) is 20.0. The van der Waals surface area contributed by atoms with E-state index in [4.69, 9.17) is 9.79 Å². The van der Waals surface area contributed by atoms with Gasteiger partial charge >= 0.3 is 7.82 Å². The number of H-pyrrole nitrogens is 1. The number of benzene rings is 1. The molecule has 80 valence electrons. The van der Waals surface area contributed by atoms with Gasteiger partial charge in [-0.25, -0.2) is 4.57 Å². The van der Waals surface area contributed by atoms with Gasteiger partial charge < -0.3 is 14.6 Å². The summed E-state index contributed by atoms with van der Waals surface area (Å²) in [5.74, 6) is -0.566. The van der Waals surface area contributed by atoms with Crippen LogP contribution in [0.1, 0.15) is 0 Å². The number of phenols is 1. The molecule has 1 aromatic carbocycles. The van der Waals surface area contributed by atoms with Crippen LogP contribution in [-0.2, 0) is 4.57 Å². The second-order valence-electron chi connectivity index (χ2n) is 2.97. The Labute approximate surface area is 84.4 Å². The molecule has 0 aliphatic carbocycles. The molecule has 15 heavy (non-hydrogen) atoms. The number of aromatic hydroxyl groups is 1. The van der Waals surface area contributed by atoms with Gasteiger partial charge in [-0.1, -0.05) is 0 Å². The SMILES string of the molecule is O=P(O)(O)Oc1cc2cc[nH]c2cc1O. The highest BCUT2D eigenvalue weighted by molar-refractivity contribution is 7.46. The third kappa shape index (κ3) is 2.12. The van der Waals surface area contributed by atoms with Crippen LogP contribution in [0, 0.1) is 0 Å². The van der Waals surface area contributed by atoms with Gasteiger partial charge in [0.2, 0.25) is 0 Å². The smallest absolute Gasteiger partial charge is 0.504 e. The van der Waals surface area contributed by atoms with Gasteiger partial charge in [0.05, 0.1) is 0 Å². The summed E-state index contributed by atoms with van der Waals surface area (Å²) >= 11 is 0. The fraction of sp³-hybridized carbons (Fsp3) is 0. The Balaban J connectivity index is 2.51. The largest absolute Gasteiger partial charge is 0.524 e. The Morgan fingerprint density at radius 3 is 2.73 bits per heavy atom. The highest BCUT2D eigenvalue weighted by atomic mass is 31.2. The van der Waals surface area contributed by atoms with Crippen molar-refractivity contribution in [3.05, 3.63) is 24.4 Å². The maximum absolute atomic E-state index is 10.6. The van der Waals surface area contributed by atoms with E-state index in [-0.39, 0.29) is 11.5 Å². The van der Waals surface area contributed by atoms with Crippen molar-refractivity contribution in [3.63, 3.8) is 0 Å². The number of fused-ring (bicyclic) bond motifs is 1. The van der Waals surface area contributed by atoms with Gasteiger partial charge in [-0.2, -0.15) is 0 Å². The number of phosphoric acid groups is 1. The summed E-state index contributed by atoms with van der Waals surface area (Å²) in [5, 5.41) is 10.1. The Kier molecular flexibility index (Phi) is 2.19. The molecule has 6 nitrogen and oxygen atoms in total. The van der Waals surface area contributed by atoms with Crippen LogP contribution in [0.3, 0.4) is 0 Å². The second-order valence-corrected chi connectivity index (χ2v) is 4.13. The van der Waals surface area contributed by atoms with Crippen LogP contribution in [0.2, 0.25) is 0 Å². The van der Waals surface area contributed by atoms with Crippen molar-refractivity contribution in [2.75, 3.05) is 0 Å². The molecule has 0 unspecified atom stereocenters. The summed E-state index contributed by atoms with van der Waals surface area (Å²) in [6, 6.07) is 4.38. The number of hydrogen-bond donors (Lipinski definition) is 4. The average molecular weight is 229 g/mol. The number of aromatic amines is 1. The molecule has 2 rings (SSSR count). The van der Waals surface area contributed by atoms with Crippen molar-refractivity contribution in [3.8, 4) is 11.5 Å². The van der Waals surface area contributed by atoms with Gasteiger partial charge in [0, 0.05) is 23.2 Å². The molecule has 0 aliphatic rings. The molecule has 0 saturated heterocycles. The van der Waals surface area contributed by atoms with Gasteiger partial charge in [-0.3, -0.25) is 9.79 Å². The first kappa shape index (κ1) is 10.0. The van der Waals surface area contributed by atoms with Crippen LogP contribution in [0.25, 0.3) is 10.9 Å². The van der Waals surface area contributed by atoms with Crippen LogP contribution in [-0.4, -0.2) is 19.9 Å². The van der Waals surface area contributed by atoms with Crippen molar-refractivity contribution >= 4 is 18.7 Å². The maximum Gasteiger partial charge on any atom is 0.524 e. The lowest BCUT2D eigenvalue weighted by Crippen LogP contribution is -1.90. The third-order valence-corrected chi connectivity index (χ3v) is 2.28.